The second-order valence-corrected chi connectivity index (χ2v) is 4.84. The third-order valence-corrected chi connectivity index (χ3v) is 3.25. The summed E-state index contributed by atoms with van der Waals surface area (Å²) in [5, 5.41) is 0. The Morgan fingerprint density at radius 3 is 2.05 bits per heavy atom. The number of hydrogen-bond acceptors (Lipinski definition) is 2. The van der Waals surface area contributed by atoms with Gasteiger partial charge in [0.05, 0.1) is 0 Å². The third-order valence-electron chi connectivity index (χ3n) is 3.25. The first-order chi connectivity index (χ1) is 9.00. The Balaban J connectivity index is 0.00000200. The summed E-state index contributed by atoms with van der Waals surface area (Å²) in [5.74, 6) is 0.0150. The van der Waals surface area contributed by atoms with Crippen LogP contribution in [-0.2, 0) is 0 Å². The number of anilines is 1. The van der Waals surface area contributed by atoms with E-state index in [0.29, 0.717) is 0 Å². The first-order valence-electron chi connectivity index (χ1n) is 6.26. The second-order valence-electron chi connectivity index (χ2n) is 4.84. The molecule has 1 aromatic carbocycles. The Labute approximate surface area is 126 Å². The van der Waals surface area contributed by atoms with Gasteiger partial charge in [0.2, 0.25) is 0 Å². The van der Waals surface area contributed by atoms with Gasteiger partial charge in [-0.15, -0.1) is 12.4 Å². The van der Waals surface area contributed by atoms with Gasteiger partial charge in [0.1, 0.15) is 0 Å². The van der Waals surface area contributed by atoms with E-state index >= 15 is 0 Å². The fourth-order valence-electron chi connectivity index (χ4n) is 2.37. The molecule has 1 aromatic heterocycles. The number of aryl methyl sites for hydroxylation is 3. The van der Waals surface area contributed by atoms with Crippen LogP contribution in [0.1, 0.15) is 27.0 Å². The number of carbonyl (C=O) groups excluding carboxylic acids is 1. The molecular formula is C16H19ClN2O. The predicted octanol–water partition coefficient (Wildman–Crippen LogP) is 3.71. The molecule has 0 saturated heterocycles. The molecule has 0 unspecified atom stereocenters. The topological polar surface area (TPSA) is 33.2 Å². The molecule has 0 aliphatic heterocycles. The first kappa shape index (κ1) is 16.2. The summed E-state index contributed by atoms with van der Waals surface area (Å²) in [6.45, 7) is 6.00. The van der Waals surface area contributed by atoms with Crippen molar-refractivity contribution in [3.63, 3.8) is 0 Å². The fourth-order valence-corrected chi connectivity index (χ4v) is 2.37. The van der Waals surface area contributed by atoms with Crippen molar-refractivity contribution in [2.24, 2.45) is 0 Å². The lowest BCUT2D eigenvalue weighted by Crippen LogP contribution is -2.27. The number of amides is 1. The normalized spacial score (nSPS) is 9.80. The van der Waals surface area contributed by atoms with E-state index in [0.717, 1.165) is 22.4 Å². The maximum absolute atomic E-state index is 12.6. The summed E-state index contributed by atoms with van der Waals surface area (Å²) < 4.78 is 0. The molecule has 1 heterocycles. The molecule has 0 atom stereocenters. The van der Waals surface area contributed by atoms with Crippen LogP contribution in [0.5, 0.6) is 0 Å². The largest absolute Gasteiger partial charge is 0.311 e. The molecule has 0 aliphatic carbocycles. The van der Waals surface area contributed by atoms with Crippen LogP contribution >= 0.6 is 12.4 Å². The van der Waals surface area contributed by atoms with Gasteiger partial charge in [-0.1, -0.05) is 17.7 Å². The average molecular weight is 291 g/mol. The van der Waals surface area contributed by atoms with Crippen molar-refractivity contribution >= 4 is 24.0 Å². The third kappa shape index (κ3) is 3.17. The minimum atomic E-state index is 0. The minimum absolute atomic E-state index is 0. The van der Waals surface area contributed by atoms with Crippen LogP contribution in [0.15, 0.2) is 36.7 Å². The zero-order chi connectivity index (χ0) is 14.0. The van der Waals surface area contributed by atoms with E-state index in [4.69, 9.17) is 0 Å². The Morgan fingerprint density at radius 2 is 1.55 bits per heavy atom. The summed E-state index contributed by atoms with van der Waals surface area (Å²) >= 11 is 0. The number of pyridine rings is 1. The molecular weight excluding hydrogens is 272 g/mol. The van der Waals surface area contributed by atoms with E-state index in [-0.39, 0.29) is 18.3 Å². The highest BCUT2D eigenvalue weighted by atomic mass is 35.5. The number of benzene rings is 1. The summed E-state index contributed by atoms with van der Waals surface area (Å²) in [4.78, 5) is 18.2. The Kier molecular flexibility index (Phi) is 5.28. The van der Waals surface area contributed by atoms with Crippen LogP contribution in [0.3, 0.4) is 0 Å². The van der Waals surface area contributed by atoms with Crippen LogP contribution in [0.4, 0.5) is 5.69 Å². The molecule has 0 radical (unpaired) electrons. The van der Waals surface area contributed by atoms with Crippen molar-refractivity contribution in [2.45, 2.75) is 20.8 Å². The van der Waals surface area contributed by atoms with E-state index in [1.54, 1.807) is 24.3 Å². The van der Waals surface area contributed by atoms with Gasteiger partial charge in [-0.3, -0.25) is 9.78 Å². The van der Waals surface area contributed by atoms with Crippen molar-refractivity contribution in [3.8, 4) is 0 Å². The number of halogens is 1. The zero-order valence-corrected chi connectivity index (χ0v) is 13.0. The van der Waals surface area contributed by atoms with E-state index in [2.05, 4.69) is 4.98 Å². The van der Waals surface area contributed by atoms with Crippen molar-refractivity contribution < 1.29 is 4.79 Å². The van der Waals surface area contributed by atoms with E-state index < -0.39 is 0 Å². The monoisotopic (exact) mass is 290 g/mol. The molecule has 106 valence electrons. The number of rotatable bonds is 2. The van der Waals surface area contributed by atoms with E-state index in [1.807, 2.05) is 45.0 Å². The second kappa shape index (κ2) is 6.53. The minimum Gasteiger partial charge on any atom is -0.311 e. The fraction of sp³-hybridized carbons (Fsp3) is 0.250. The van der Waals surface area contributed by atoms with Crippen molar-refractivity contribution in [1.29, 1.82) is 0 Å². The van der Waals surface area contributed by atoms with Gasteiger partial charge in [0.15, 0.2) is 0 Å². The van der Waals surface area contributed by atoms with Crippen molar-refractivity contribution in [3.05, 3.63) is 58.9 Å². The highest BCUT2D eigenvalue weighted by Gasteiger charge is 2.18. The van der Waals surface area contributed by atoms with Crippen LogP contribution in [0.25, 0.3) is 0 Å². The number of aromatic nitrogens is 1. The molecule has 0 fully saturated rings. The molecule has 0 aliphatic rings. The summed E-state index contributed by atoms with van der Waals surface area (Å²) in [6, 6.07) is 7.74. The first-order valence-corrected chi connectivity index (χ1v) is 6.26. The molecule has 1 amide bonds. The summed E-state index contributed by atoms with van der Waals surface area (Å²) in [6.07, 6.45) is 3.38. The Hall–Kier alpha value is -1.87. The maximum atomic E-state index is 12.6. The number of hydrogen-bond donors (Lipinski definition) is 0. The maximum Gasteiger partial charge on any atom is 0.258 e. The lowest BCUT2D eigenvalue weighted by Gasteiger charge is -2.20. The molecule has 0 saturated carbocycles. The van der Waals surface area contributed by atoms with Gasteiger partial charge in [0, 0.05) is 30.7 Å². The molecule has 4 heteroatoms. The highest BCUT2D eigenvalue weighted by molar-refractivity contribution is 6.07. The van der Waals surface area contributed by atoms with Crippen molar-refractivity contribution in [2.75, 3.05) is 11.9 Å². The summed E-state index contributed by atoms with van der Waals surface area (Å²) in [7, 11) is 1.79. The van der Waals surface area contributed by atoms with Crippen LogP contribution in [-0.4, -0.2) is 17.9 Å². The Morgan fingerprint density at radius 1 is 1.05 bits per heavy atom. The van der Waals surface area contributed by atoms with Crippen LogP contribution in [0, 0.1) is 20.8 Å². The van der Waals surface area contributed by atoms with Gasteiger partial charge in [-0.2, -0.15) is 0 Å². The molecule has 0 bridgehead atoms. The van der Waals surface area contributed by atoms with Gasteiger partial charge in [-0.25, -0.2) is 0 Å². The smallest absolute Gasteiger partial charge is 0.258 e. The SMILES string of the molecule is Cc1cc(C)c(C(=O)N(C)c2ccncc2)c(C)c1.Cl. The number of carbonyl (C=O) groups is 1. The van der Waals surface area contributed by atoms with Crippen LogP contribution in [0.2, 0.25) is 0 Å². The quantitative estimate of drug-likeness (QED) is 0.845. The predicted molar refractivity (Wildman–Crippen MR) is 84.9 cm³/mol. The average Bonchev–Trinajstić information content (AvgIpc) is 2.37. The molecule has 0 N–H and O–H groups in total. The zero-order valence-electron chi connectivity index (χ0n) is 12.2. The van der Waals surface area contributed by atoms with Gasteiger partial charge in [-0.05, 0) is 44.0 Å². The molecule has 2 rings (SSSR count). The lowest BCUT2D eigenvalue weighted by molar-refractivity contribution is 0.0992. The standard InChI is InChI=1S/C16H18N2O.ClH/c1-11-9-12(2)15(13(3)10-11)16(19)18(4)14-5-7-17-8-6-14;/h5-10H,1-4H3;1H. The van der Waals surface area contributed by atoms with Gasteiger partial charge in [0.25, 0.3) is 5.91 Å². The summed E-state index contributed by atoms with van der Waals surface area (Å²) in [5.41, 5.74) is 4.84. The van der Waals surface area contributed by atoms with Crippen LogP contribution < -0.4 is 4.90 Å². The van der Waals surface area contributed by atoms with E-state index in [1.165, 1.54) is 5.56 Å². The molecule has 3 nitrogen and oxygen atoms in total. The van der Waals surface area contributed by atoms with Gasteiger partial charge < -0.3 is 4.90 Å². The molecule has 20 heavy (non-hydrogen) atoms. The number of nitrogens with zero attached hydrogens (tertiary/aromatic N) is 2. The molecule has 0 spiro atoms. The van der Waals surface area contributed by atoms with Gasteiger partial charge >= 0.3 is 0 Å². The van der Waals surface area contributed by atoms with Crippen molar-refractivity contribution in [1.82, 2.24) is 4.98 Å². The Bertz CT molecular complexity index is 588. The highest BCUT2D eigenvalue weighted by Crippen LogP contribution is 2.21. The molecule has 2 aromatic rings. The lowest BCUT2D eigenvalue weighted by atomic mass is 9.99. The van der Waals surface area contributed by atoms with E-state index in [9.17, 15) is 4.79 Å².